The van der Waals surface area contributed by atoms with E-state index in [2.05, 4.69) is 41.5 Å². The number of piperidine rings is 1. The SMILES string of the molecule is CC(C)N1CCC(Nc2ccc3c(c2)CCC(=O)N3)CC1. The summed E-state index contributed by atoms with van der Waals surface area (Å²) in [6, 6.07) is 7.52. The van der Waals surface area contributed by atoms with Crippen LogP contribution in [0.5, 0.6) is 0 Å². The van der Waals surface area contributed by atoms with Crippen LogP contribution in [0.4, 0.5) is 11.4 Å². The number of benzene rings is 1. The molecule has 2 heterocycles. The molecule has 2 N–H and O–H groups in total. The molecule has 0 radical (unpaired) electrons. The van der Waals surface area contributed by atoms with Gasteiger partial charge in [-0.25, -0.2) is 0 Å². The van der Waals surface area contributed by atoms with Crippen LogP contribution in [0.3, 0.4) is 0 Å². The van der Waals surface area contributed by atoms with E-state index in [0.29, 0.717) is 18.5 Å². The molecule has 2 aliphatic heterocycles. The topological polar surface area (TPSA) is 44.4 Å². The largest absolute Gasteiger partial charge is 0.382 e. The normalized spacial score (nSPS) is 20.2. The molecule has 0 saturated carbocycles. The first-order valence-corrected chi connectivity index (χ1v) is 8.05. The molecule has 1 fully saturated rings. The Morgan fingerprint density at radius 1 is 1.24 bits per heavy atom. The van der Waals surface area contributed by atoms with E-state index in [-0.39, 0.29) is 5.91 Å². The van der Waals surface area contributed by atoms with Gasteiger partial charge in [-0.05, 0) is 56.9 Å². The second-order valence-corrected chi connectivity index (χ2v) is 6.47. The molecule has 21 heavy (non-hydrogen) atoms. The standard InChI is InChI=1S/C17H25N3O/c1-12(2)20-9-7-14(8-10-20)18-15-4-5-16-13(11-15)3-6-17(21)19-16/h4-5,11-12,14,18H,3,6-10H2,1-2H3,(H,19,21). The van der Waals surface area contributed by atoms with Gasteiger partial charge in [-0.2, -0.15) is 0 Å². The number of aryl methyl sites for hydroxylation is 1. The Bertz CT molecular complexity index is 519. The number of fused-ring (bicyclic) bond motifs is 1. The molecule has 0 aliphatic carbocycles. The highest BCUT2D eigenvalue weighted by molar-refractivity contribution is 5.94. The smallest absolute Gasteiger partial charge is 0.224 e. The van der Waals surface area contributed by atoms with Gasteiger partial charge in [0.05, 0.1) is 0 Å². The molecule has 0 aromatic heterocycles. The Balaban J connectivity index is 1.60. The summed E-state index contributed by atoms with van der Waals surface area (Å²) in [6.07, 6.45) is 3.85. The van der Waals surface area contributed by atoms with Gasteiger partial charge in [0.1, 0.15) is 0 Å². The highest BCUT2D eigenvalue weighted by atomic mass is 16.1. The molecule has 1 aromatic rings. The zero-order chi connectivity index (χ0) is 14.8. The Morgan fingerprint density at radius 2 is 2.00 bits per heavy atom. The number of anilines is 2. The van der Waals surface area contributed by atoms with E-state index in [1.165, 1.54) is 37.2 Å². The molecule has 114 valence electrons. The molecule has 2 aliphatic rings. The number of hydrogen-bond acceptors (Lipinski definition) is 3. The molecule has 4 heteroatoms. The summed E-state index contributed by atoms with van der Waals surface area (Å²) in [5.74, 6) is 0.129. The third kappa shape index (κ3) is 3.38. The maximum absolute atomic E-state index is 11.4. The van der Waals surface area contributed by atoms with E-state index < -0.39 is 0 Å². The van der Waals surface area contributed by atoms with Crippen molar-refractivity contribution in [1.82, 2.24) is 4.90 Å². The fraction of sp³-hybridized carbons (Fsp3) is 0.588. The van der Waals surface area contributed by atoms with E-state index in [4.69, 9.17) is 0 Å². The summed E-state index contributed by atoms with van der Waals surface area (Å²) in [5.41, 5.74) is 3.42. The summed E-state index contributed by atoms with van der Waals surface area (Å²) >= 11 is 0. The summed E-state index contributed by atoms with van der Waals surface area (Å²) in [4.78, 5) is 13.9. The summed E-state index contributed by atoms with van der Waals surface area (Å²) in [7, 11) is 0. The lowest BCUT2D eigenvalue weighted by Crippen LogP contribution is -2.42. The number of amides is 1. The van der Waals surface area contributed by atoms with Gasteiger partial charge in [0.2, 0.25) is 5.91 Å². The van der Waals surface area contributed by atoms with Crippen LogP contribution in [0, 0.1) is 0 Å². The predicted molar refractivity (Wildman–Crippen MR) is 86.7 cm³/mol. The minimum atomic E-state index is 0.129. The van der Waals surface area contributed by atoms with Crippen LogP contribution in [0.15, 0.2) is 18.2 Å². The van der Waals surface area contributed by atoms with Gasteiger partial charge >= 0.3 is 0 Å². The first-order valence-electron chi connectivity index (χ1n) is 8.05. The molecule has 1 saturated heterocycles. The van der Waals surface area contributed by atoms with Gasteiger partial charge < -0.3 is 15.5 Å². The fourth-order valence-electron chi connectivity index (χ4n) is 3.27. The number of rotatable bonds is 3. The van der Waals surface area contributed by atoms with Gasteiger partial charge in [0.15, 0.2) is 0 Å². The molecule has 1 amide bonds. The summed E-state index contributed by atoms with van der Waals surface area (Å²) in [6.45, 7) is 6.89. The third-order valence-electron chi connectivity index (χ3n) is 4.63. The zero-order valence-corrected chi connectivity index (χ0v) is 13.0. The van der Waals surface area contributed by atoms with E-state index >= 15 is 0 Å². The molecule has 0 spiro atoms. The Hall–Kier alpha value is -1.55. The number of nitrogens with one attached hydrogen (secondary N) is 2. The van der Waals surface area contributed by atoms with Crippen LogP contribution >= 0.6 is 0 Å². The van der Waals surface area contributed by atoms with E-state index in [1.807, 2.05) is 6.07 Å². The summed E-state index contributed by atoms with van der Waals surface area (Å²) in [5, 5.41) is 6.60. The number of carbonyl (C=O) groups excluding carboxylic acids is 1. The summed E-state index contributed by atoms with van der Waals surface area (Å²) < 4.78 is 0. The van der Waals surface area contributed by atoms with Crippen LogP contribution in [-0.2, 0) is 11.2 Å². The number of hydrogen-bond donors (Lipinski definition) is 2. The lowest BCUT2D eigenvalue weighted by atomic mass is 10.0. The van der Waals surface area contributed by atoms with Crippen molar-refractivity contribution >= 4 is 17.3 Å². The van der Waals surface area contributed by atoms with E-state index in [0.717, 1.165) is 12.1 Å². The second-order valence-electron chi connectivity index (χ2n) is 6.47. The Morgan fingerprint density at radius 3 is 2.71 bits per heavy atom. The predicted octanol–water partition coefficient (Wildman–Crippen LogP) is 2.86. The first-order chi connectivity index (χ1) is 10.1. The Kier molecular flexibility index (Phi) is 4.15. The number of likely N-dealkylation sites (tertiary alicyclic amines) is 1. The highest BCUT2D eigenvalue weighted by Crippen LogP contribution is 2.27. The zero-order valence-electron chi connectivity index (χ0n) is 13.0. The molecule has 0 atom stereocenters. The van der Waals surface area contributed by atoms with Crippen LogP contribution < -0.4 is 10.6 Å². The van der Waals surface area contributed by atoms with Crippen molar-refractivity contribution in [3.8, 4) is 0 Å². The minimum Gasteiger partial charge on any atom is -0.382 e. The van der Waals surface area contributed by atoms with Crippen LogP contribution in [-0.4, -0.2) is 36.0 Å². The van der Waals surface area contributed by atoms with Gasteiger partial charge in [-0.15, -0.1) is 0 Å². The molecule has 1 aromatic carbocycles. The first kappa shape index (κ1) is 14.4. The second kappa shape index (κ2) is 6.06. The molecular weight excluding hydrogens is 262 g/mol. The van der Waals surface area contributed by atoms with Crippen molar-refractivity contribution in [2.45, 2.75) is 51.6 Å². The van der Waals surface area contributed by atoms with E-state index in [9.17, 15) is 4.79 Å². The fourth-order valence-corrected chi connectivity index (χ4v) is 3.27. The van der Waals surface area contributed by atoms with Crippen LogP contribution in [0.1, 0.15) is 38.7 Å². The van der Waals surface area contributed by atoms with Crippen molar-refractivity contribution in [3.63, 3.8) is 0 Å². The number of nitrogens with zero attached hydrogens (tertiary/aromatic N) is 1. The monoisotopic (exact) mass is 287 g/mol. The van der Waals surface area contributed by atoms with Gasteiger partial charge in [0, 0.05) is 43.0 Å². The molecule has 0 bridgehead atoms. The van der Waals surface area contributed by atoms with Gasteiger partial charge in [0.25, 0.3) is 0 Å². The van der Waals surface area contributed by atoms with Gasteiger partial charge in [-0.1, -0.05) is 0 Å². The number of carbonyl (C=O) groups is 1. The lowest BCUT2D eigenvalue weighted by Gasteiger charge is -2.35. The highest BCUT2D eigenvalue weighted by Gasteiger charge is 2.21. The van der Waals surface area contributed by atoms with Crippen LogP contribution in [0.2, 0.25) is 0 Å². The van der Waals surface area contributed by atoms with Crippen molar-refractivity contribution in [1.29, 1.82) is 0 Å². The maximum atomic E-state index is 11.4. The van der Waals surface area contributed by atoms with Crippen molar-refractivity contribution in [2.24, 2.45) is 0 Å². The van der Waals surface area contributed by atoms with Crippen molar-refractivity contribution in [2.75, 3.05) is 23.7 Å². The van der Waals surface area contributed by atoms with Crippen molar-refractivity contribution in [3.05, 3.63) is 23.8 Å². The molecule has 0 unspecified atom stereocenters. The Labute approximate surface area is 126 Å². The third-order valence-corrected chi connectivity index (χ3v) is 4.63. The average molecular weight is 287 g/mol. The molecule has 3 rings (SSSR count). The molecular formula is C17H25N3O. The van der Waals surface area contributed by atoms with Gasteiger partial charge in [-0.3, -0.25) is 4.79 Å². The van der Waals surface area contributed by atoms with E-state index in [1.54, 1.807) is 0 Å². The average Bonchev–Trinajstić information content (AvgIpc) is 2.48. The lowest BCUT2D eigenvalue weighted by molar-refractivity contribution is -0.116. The molecule has 4 nitrogen and oxygen atoms in total. The minimum absolute atomic E-state index is 0.129. The van der Waals surface area contributed by atoms with Crippen LogP contribution in [0.25, 0.3) is 0 Å². The van der Waals surface area contributed by atoms with Crippen molar-refractivity contribution < 1.29 is 4.79 Å². The quantitative estimate of drug-likeness (QED) is 0.898. The maximum Gasteiger partial charge on any atom is 0.224 e.